The lowest BCUT2D eigenvalue weighted by atomic mass is 10.0. The van der Waals surface area contributed by atoms with Crippen LogP contribution in [0.5, 0.6) is 0 Å². The molecule has 1 aromatic heterocycles. The summed E-state index contributed by atoms with van der Waals surface area (Å²) < 4.78 is 1.90. The molecule has 6 heteroatoms. The normalized spacial score (nSPS) is 11.3. The monoisotopic (exact) mass is 327 g/mol. The standard InChI is InChI=1S/C15H15Cl2NO3/c1-7(2)18-8(3)10(6-13(19)20)15(21)14-11(17)4-9(16)5-12(14)18/h4-5,7H,6H2,1-3H3,(H,19,20). The number of benzene rings is 1. The molecule has 1 N–H and O–H groups in total. The highest BCUT2D eigenvalue weighted by Gasteiger charge is 2.19. The van der Waals surface area contributed by atoms with Gasteiger partial charge in [0.2, 0.25) is 0 Å². The Morgan fingerprint density at radius 2 is 1.95 bits per heavy atom. The van der Waals surface area contributed by atoms with Crippen molar-refractivity contribution >= 4 is 40.1 Å². The van der Waals surface area contributed by atoms with E-state index in [0.29, 0.717) is 21.6 Å². The number of halogens is 2. The minimum Gasteiger partial charge on any atom is -0.481 e. The molecular formula is C15H15Cl2NO3. The van der Waals surface area contributed by atoms with Crippen LogP contribution in [-0.4, -0.2) is 15.6 Å². The molecule has 1 heterocycles. The minimum atomic E-state index is -1.05. The first-order valence-electron chi connectivity index (χ1n) is 6.48. The van der Waals surface area contributed by atoms with Gasteiger partial charge in [0.1, 0.15) is 0 Å². The van der Waals surface area contributed by atoms with Gasteiger partial charge in [-0.15, -0.1) is 0 Å². The minimum absolute atomic E-state index is 0.0372. The zero-order valence-corrected chi connectivity index (χ0v) is 13.4. The molecule has 0 saturated carbocycles. The summed E-state index contributed by atoms with van der Waals surface area (Å²) in [6.45, 7) is 5.65. The van der Waals surface area contributed by atoms with E-state index in [4.69, 9.17) is 28.3 Å². The van der Waals surface area contributed by atoms with Gasteiger partial charge in [0.05, 0.1) is 22.3 Å². The molecule has 0 saturated heterocycles. The molecule has 0 unspecified atom stereocenters. The van der Waals surface area contributed by atoms with Crippen LogP contribution in [0.2, 0.25) is 10.0 Å². The summed E-state index contributed by atoms with van der Waals surface area (Å²) in [7, 11) is 0. The Hall–Kier alpha value is -1.52. The summed E-state index contributed by atoms with van der Waals surface area (Å²) in [5, 5.41) is 10.0. The van der Waals surface area contributed by atoms with Crippen LogP contribution in [0.25, 0.3) is 10.9 Å². The van der Waals surface area contributed by atoms with Crippen molar-refractivity contribution in [1.82, 2.24) is 4.57 Å². The second-order valence-electron chi connectivity index (χ2n) is 5.21. The van der Waals surface area contributed by atoms with Gasteiger partial charge in [0, 0.05) is 22.3 Å². The van der Waals surface area contributed by atoms with E-state index in [1.165, 1.54) is 6.07 Å². The van der Waals surface area contributed by atoms with E-state index in [1.807, 2.05) is 18.4 Å². The lowest BCUT2D eigenvalue weighted by Gasteiger charge is -2.21. The Balaban J connectivity index is 3.03. The molecule has 21 heavy (non-hydrogen) atoms. The van der Waals surface area contributed by atoms with Crippen LogP contribution in [0.4, 0.5) is 0 Å². The summed E-state index contributed by atoms with van der Waals surface area (Å²) in [5.41, 5.74) is 1.17. The third-order valence-corrected chi connectivity index (χ3v) is 3.95. The van der Waals surface area contributed by atoms with Crippen LogP contribution >= 0.6 is 23.2 Å². The first-order valence-corrected chi connectivity index (χ1v) is 7.24. The van der Waals surface area contributed by atoms with Gasteiger partial charge in [-0.25, -0.2) is 0 Å². The first kappa shape index (κ1) is 15.9. The molecule has 1 aromatic carbocycles. The Bertz CT molecular complexity index is 794. The highest BCUT2D eigenvalue weighted by molar-refractivity contribution is 6.38. The van der Waals surface area contributed by atoms with E-state index in [-0.39, 0.29) is 28.5 Å². The fraction of sp³-hybridized carbons (Fsp3) is 0.333. The van der Waals surface area contributed by atoms with Gasteiger partial charge in [-0.3, -0.25) is 9.59 Å². The number of carboxylic acid groups (broad SMARTS) is 1. The van der Waals surface area contributed by atoms with Crippen LogP contribution in [-0.2, 0) is 11.2 Å². The Morgan fingerprint density at radius 1 is 1.33 bits per heavy atom. The van der Waals surface area contributed by atoms with Crippen LogP contribution in [0.3, 0.4) is 0 Å². The molecule has 0 aliphatic carbocycles. The second kappa shape index (κ2) is 5.70. The van der Waals surface area contributed by atoms with Gasteiger partial charge in [-0.1, -0.05) is 23.2 Å². The molecule has 0 aliphatic heterocycles. The molecule has 0 spiro atoms. The number of hydrogen-bond donors (Lipinski definition) is 1. The van der Waals surface area contributed by atoms with Gasteiger partial charge in [0.15, 0.2) is 5.43 Å². The zero-order chi connectivity index (χ0) is 15.9. The summed E-state index contributed by atoms with van der Waals surface area (Å²) >= 11 is 12.2. The van der Waals surface area contributed by atoms with Crippen molar-refractivity contribution in [3.05, 3.63) is 43.7 Å². The maximum absolute atomic E-state index is 12.6. The average molecular weight is 328 g/mol. The molecular weight excluding hydrogens is 313 g/mol. The van der Waals surface area contributed by atoms with Gasteiger partial charge >= 0.3 is 5.97 Å². The smallest absolute Gasteiger partial charge is 0.308 e. The summed E-state index contributed by atoms with van der Waals surface area (Å²) in [4.78, 5) is 23.6. The number of carbonyl (C=O) groups is 1. The molecule has 2 rings (SSSR count). The highest BCUT2D eigenvalue weighted by atomic mass is 35.5. The number of nitrogens with zero attached hydrogens (tertiary/aromatic N) is 1. The van der Waals surface area contributed by atoms with E-state index >= 15 is 0 Å². The van der Waals surface area contributed by atoms with Crippen LogP contribution in [0.1, 0.15) is 31.1 Å². The van der Waals surface area contributed by atoms with Crippen molar-refractivity contribution in [1.29, 1.82) is 0 Å². The lowest BCUT2D eigenvalue weighted by Crippen LogP contribution is -2.22. The number of aliphatic carboxylic acids is 1. The van der Waals surface area contributed by atoms with Crippen molar-refractivity contribution in [2.45, 2.75) is 33.2 Å². The van der Waals surface area contributed by atoms with E-state index in [2.05, 4.69) is 0 Å². The van der Waals surface area contributed by atoms with Crippen molar-refractivity contribution in [2.75, 3.05) is 0 Å². The molecule has 2 aromatic rings. The fourth-order valence-corrected chi connectivity index (χ4v) is 3.21. The Kier molecular flexibility index (Phi) is 4.30. The third kappa shape index (κ3) is 2.78. The average Bonchev–Trinajstić information content (AvgIpc) is 2.32. The SMILES string of the molecule is Cc1c(CC(=O)O)c(=O)c2c(Cl)cc(Cl)cc2n1C(C)C. The van der Waals surface area contributed by atoms with Crippen molar-refractivity contribution in [2.24, 2.45) is 0 Å². The molecule has 0 bridgehead atoms. The number of fused-ring (bicyclic) bond motifs is 1. The quantitative estimate of drug-likeness (QED) is 0.932. The Labute approximate surface area is 131 Å². The van der Waals surface area contributed by atoms with Crippen molar-refractivity contribution in [3.63, 3.8) is 0 Å². The summed E-state index contributed by atoms with van der Waals surface area (Å²) in [5.74, 6) is -1.05. The summed E-state index contributed by atoms with van der Waals surface area (Å²) in [6, 6.07) is 3.22. The molecule has 0 radical (unpaired) electrons. The largest absolute Gasteiger partial charge is 0.481 e. The predicted octanol–water partition coefficient (Wildman–Crippen LogP) is 3.82. The van der Waals surface area contributed by atoms with E-state index in [0.717, 1.165) is 0 Å². The zero-order valence-electron chi connectivity index (χ0n) is 11.9. The number of carboxylic acids is 1. The maximum atomic E-state index is 12.6. The maximum Gasteiger partial charge on any atom is 0.308 e. The van der Waals surface area contributed by atoms with E-state index in [9.17, 15) is 9.59 Å². The molecule has 0 aliphatic rings. The predicted molar refractivity (Wildman–Crippen MR) is 84.7 cm³/mol. The molecule has 112 valence electrons. The second-order valence-corrected chi connectivity index (χ2v) is 6.05. The molecule has 4 nitrogen and oxygen atoms in total. The lowest BCUT2D eigenvalue weighted by molar-refractivity contribution is -0.136. The van der Waals surface area contributed by atoms with Gasteiger partial charge in [0.25, 0.3) is 0 Å². The number of rotatable bonds is 3. The highest BCUT2D eigenvalue weighted by Crippen LogP contribution is 2.29. The molecule has 0 amide bonds. The molecule has 0 fully saturated rings. The van der Waals surface area contributed by atoms with Gasteiger partial charge in [-0.2, -0.15) is 0 Å². The third-order valence-electron chi connectivity index (χ3n) is 3.44. The number of pyridine rings is 1. The van der Waals surface area contributed by atoms with E-state index in [1.54, 1.807) is 13.0 Å². The molecule has 0 atom stereocenters. The number of hydrogen-bond acceptors (Lipinski definition) is 2. The van der Waals surface area contributed by atoms with Crippen LogP contribution < -0.4 is 5.43 Å². The number of aromatic nitrogens is 1. The van der Waals surface area contributed by atoms with Gasteiger partial charge in [-0.05, 0) is 32.9 Å². The van der Waals surface area contributed by atoms with Gasteiger partial charge < -0.3 is 9.67 Å². The van der Waals surface area contributed by atoms with Crippen LogP contribution in [0, 0.1) is 6.92 Å². The fourth-order valence-electron chi connectivity index (χ4n) is 2.64. The van der Waals surface area contributed by atoms with Crippen LogP contribution in [0.15, 0.2) is 16.9 Å². The Morgan fingerprint density at radius 3 is 2.48 bits per heavy atom. The first-order chi connectivity index (χ1) is 9.73. The van der Waals surface area contributed by atoms with Crippen molar-refractivity contribution in [3.8, 4) is 0 Å². The van der Waals surface area contributed by atoms with Crippen molar-refractivity contribution < 1.29 is 9.90 Å². The summed E-state index contributed by atoms with van der Waals surface area (Å²) in [6.07, 6.45) is -0.327. The van der Waals surface area contributed by atoms with E-state index < -0.39 is 5.97 Å². The topological polar surface area (TPSA) is 59.3 Å².